The van der Waals surface area contributed by atoms with Gasteiger partial charge in [0, 0.05) is 12.2 Å². The summed E-state index contributed by atoms with van der Waals surface area (Å²) in [4.78, 5) is 14.0. The molecule has 8 heteroatoms. The molecule has 0 aliphatic carbocycles. The van der Waals surface area contributed by atoms with Gasteiger partial charge in [-0.05, 0) is 30.8 Å². The summed E-state index contributed by atoms with van der Waals surface area (Å²) < 4.78 is 41.3. The first kappa shape index (κ1) is 20.3. The predicted molar refractivity (Wildman–Crippen MR) is 94.1 cm³/mol. The molecule has 1 amide bonds. The molecule has 0 bridgehead atoms. The van der Waals surface area contributed by atoms with E-state index in [0.717, 1.165) is 5.56 Å². The SMILES string of the molecule is CN(CC(=O)Nc1ccc(OCC(F)(F)F)c(C#N)c1)Cc1ccccc1. The van der Waals surface area contributed by atoms with Gasteiger partial charge in [-0.2, -0.15) is 18.4 Å². The number of nitriles is 1. The van der Waals surface area contributed by atoms with Crippen LogP contribution in [-0.4, -0.2) is 37.2 Å². The minimum Gasteiger partial charge on any atom is -0.483 e. The molecular formula is C19H18F3N3O2. The first-order valence-electron chi connectivity index (χ1n) is 8.03. The van der Waals surface area contributed by atoms with E-state index in [9.17, 15) is 18.0 Å². The van der Waals surface area contributed by atoms with Gasteiger partial charge in [-0.1, -0.05) is 30.3 Å². The van der Waals surface area contributed by atoms with Gasteiger partial charge in [-0.3, -0.25) is 9.69 Å². The molecule has 2 aromatic carbocycles. The molecule has 0 radical (unpaired) electrons. The summed E-state index contributed by atoms with van der Waals surface area (Å²) in [6.07, 6.45) is -4.50. The van der Waals surface area contributed by atoms with Crippen LogP contribution in [0.1, 0.15) is 11.1 Å². The summed E-state index contributed by atoms with van der Waals surface area (Å²) in [5.74, 6) is -0.490. The van der Waals surface area contributed by atoms with Crippen molar-refractivity contribution in [3.05, 3.63) is 59.7 Å². The highest BCUT2D eigenvalue weighted by Crippen LogP contribution is 2.24. The van der Waals surface area contributed by atoms with E-state index in [-0.39, 0.29) is 23.8 Å². The van der Waals surface area contributed by atoms with Gasteiger partial charge in [0.05, 0.1) is 12.1 Å². The number of carbonyl (C=O) groups is 1. The van der Waals surface area contributed by atoms with Crippen LogP contribution in [0.15, 0.2) is 48.5 Å². The van der Waals surface area contributed by atoms with E-state index in [4.69, 9.17) is 5.26 Å². The van der Waals surface area contributed by atoms with Gasteiger partial charge in [0.2, 0.25) is 5.91 Å². The topological polar surface area (TPSA) is 65.4 Å². The Morgan fingerprint density at radius 2 is 1.93 bits per heavy atom. The molecule has 1 N–H and O–H groups in total. The zero-order valence-electron chi connectivity index (χ0n) is 14.6. The van der Waals surface area contributed by atoms with Crippen molar-refractivity contribution >= 4 is 11.6 Å². The monoisotopic (exact) mass is 377 g/mol. The second-order valence-electron chi connectivity index (χ2n) is 5.93. The molecule has 0 unspecified atom stereocenters. The van der Waals surface area contributed by atoms with Crippen LogP contribution in [0.5, 0.6) is 5.75 Å². The quantitative estimate of drug-likeness (QED) is 0.801. The fourth-order valence-corrected chi connectivity index (χ4v) is 2.38. The molecule has 2 rings (SSSR count). The van der Waals surface area contributed by atoms with Crippen LogP contribution in [0.4, 0.5) is 18.9 Å². The van der Waals surface area contributed by atoms with Crippen LogP contribution < -0.4 is 10.1 Å². The number of hydrogen-bond acceptors (Lipinski definition) is 4. The summed E-state index contributed by atoms with van der Waals surface area (Å²) >= 11 is 0. The predicted octanol–water partition coefficient (Wildman–Crippen LogP) is 3.57. The van der Waals surface area contributed by atoms with Crippen molar-refractivity contribution in [1.82, 2.24) is 4.90 Å². The largest absolute Gasteiger partial charge is 0.483 e. The minimum atomic E-state index is -4.50. The van der Waals surface area contributed by atoms with Crippen molar-refractivity contribution < 1.29 is 22.7 Å². The third-order valence-electron chi connectivity index (χ3n) is 3.48. The van der Waals surface area contributed by atoms with Crippen molar-refractivity contribution in [2.75, 3.05) is 25.5 Å². The molecule has 0 fully saturated rings. The summed E-state index contributed by atoms with van der Waals surface area (Å²) in [5, 5.41) is 11.7. The molecule has 2 aromatic rings. The summed E-state index contributed by atoms with van der Waals surface area (Å²) in [7, 11) is 1.79. The maximum atomic E-state index is 12.2. The third kappa shape index (κ3) is 6.99. The van der Waals surface area contributed by atoms with Gasteiger partial charge in [0.15, 0.2) is 6.61 Å². The van der Waals surface area contributed by atoms with Gasteiger partial charge in [-0.15, -0.1) is 0 Å². The average Bonchev–Trinajstić information content (AvgIpc) is 2.60. The minimum absolute atomic E-state index is 0.0882. The molecule has 0 heterocycles. The Bertz CT molecular complexity index is 817. The number of rotatable bonds is 7. The van der Waals surface area contributed by atoms with E-state index >= 15 is 0 Å². The zero-order valence-corrected chi connectivity index (χ0v) is 14.6. The van der Waals surface area contributed by atoms with Crippen LogP contribution in [0.25, 0.3) is 0 Å². The first-order valence-corrected chi connectivity index (χ1v) is 8.03. The van der Waals surface area contributed by atoms with E-state index in [1.165, 1.54) is 18.2 Å². The van der Waals surface area contributed by atoms with Gasteiger partial charge in [-0.25, -0.2) is 0 Å². The summed E-state index contributed by atoms with van der Waals surface area (Å²) in [5.41, 5.74) is 1.28. The van der Waals surface area contributed by atoms with Crippen molar-refractivity contribution in [2.24, 2.45) is 0 Å². The number of halogens is 3. The van der Waals surface area contributed by atoms with Crippen molar-refractivity contribution in [3.8, 4) is 11.8 Å². The second kappa shape index (κ2) is 9.05. The maximum absolute atomic E-state index is 12.2. The van der Waals surface area contributed by atoms with Gasteiger partial charge in [0.1, 0.15) is 11.8 Å². The first-order chi connectivity index (χ1) is 12.8. The molecule has 0 saturated carbocycles. The van der Waals surface area contributed by atoms with E-state index in [1.807, 2.05) is 35.2 Å². The normalized spacial score (nSPS) is 11.1. The van der Waals surface area contributed by atoms with Crippen LogP contribution in [0.2, 0.25) is 0 Å². The highest BCUT2D eigenvalue weighted by atomic mass is 19.4. The number of nitrogens with zero attached hydrogens (tertiary/aromatic N) is 2. The van der Waals surface area contributed by atoms with Crippen LogP contribution in [0.3, 0.4) is 0 Å². The highest BCUT2D eigenvalue weighted by Gasteiger charge is 2.28. The van der Waals surface area contributed by atoms with Crippen LogP contribution >= 0.6 is 0 Å². The Morgan fingerprint density at radius 1 is 1.22 bits per heavy atom. The Labute approximate surface area is 155 Å². The lowest BCUT2D eigenvalue weighted by molar-refractivity contribution is -0.153. The Kier molecular flexibility index (Phi) is 6.79. The molecule has 0 aliphatic heterocycles. The lowest BCUT2D eigenvalue weighted by atomic mass is 10.2. The molecule has 0 aromatic heterocycles. The Hall–Kier alpha value is -3.05. The standard InChI is InChI=1S/C19H18F3N3O2/c1-25(11-14-5-3-2-4-6-14)12-18(26)24-16-7-8-17(15(9-16)10-23)27-13-19(20,21)22/h2-9H,11-13H2,1H3,(H,24,26). The molecule has 0 saturated heterocycles. The van der Waals surface area contributed by atoms with Crippen LogP contribution in [-0.2, 0) is 11.3 Å². The molecule has 0 atom stereocenters. The molecule has 0 spiro atoms. The fourth-order valence-electron chi connectivity index (χ4n) is 2.38. The van der Waals surface area contributed by atoms with Crippen LogP contribution in [0, 0.1) is 11.3 Å². The van der Waals surface area contributed by atoms with Gasteiger partial charge < -0.3 is 10.1 Å². The number of benzene rings is 2. The Balaban J connectivity index is 1.94. The highest BCUT2D eigenvalue weighted by molar-refractivity contribution is 5.92. The number of nitrogens with one attached hydrogen (secondary N) is 1. The fraction of sp³-hybridized carbons (Fsp3) is 0.263. The lowest BCUT2D eigenvalue weighted by Crippen LogP contribution is -2.29. The lowest BCUT2D eigenvalue weighted by Gasteiger charge is -2.17. The molecule has 0 aliphatic rings. The van der Waals surface area contributed by atoms with Gasteiger partial charge in [0.25, 0.3) is 0 Å². The van der Waals surface area contributed by atoms with Crippen molar-refractivity contribution in [3.63, 3.8) is 0 Å². The van der Waals surface area contributed by atoms with Crippen molar-refractivity contribution in [1.29, 1.82) is 5.26 Å². The molecular weight excluding hydrogens is 359 g/mol. The van der Waals surface area contributed by atoms with Gasteiger partial charge >= 0.3 is 6.18 Å². The maximum Gasteiger partial charge on any atom is 0.422 e. The zero-order chi connectivity index (χ0) is 19.9. The van der Waals surface area contributed by atoms with Crippen molar-refractivity contribution in [2.45, 2.75) is 12.7 Å². The summed E-state index contributed by atoms with van der Waals surface area (Å²) in [6.45, 7) is -0.789. The molecule has 142 valence electrons. The number of likely N-dealkylation sites (N-methyl/N-ethyl adjacent to an activating group) is 1. The van der Waals surface area contributed by atoms with E-state index < -0.39 is 12.8 Å². The number of hydrogen-bond donors (Lipinski definition) is 1. The third-order valence-corrected chi connectivity index (χ3v) is 3.48. The Morgan fingerprint density at radius 3 is 2.56 bits per heavy atom. The van der Waals surface area contributed by atoms with E-state index in [2.05, 4.69) is 10.1 Å². The average molecular weight is 377 g/mol. The second-order valence-corrected chi connectivity index (χ2v) is 5.93. The van der Waals surface area contributed by atoms with E-state index in [1.54, 1.807) is 13.1 Å². The molecule has 27 heavy (non-hydrogen) atoms. The smallest absolute Gasteiger partial charge is 0.422 e. The summed E-state index contributed by atoms with van der Waals surface area (Å²) in [6, 6.07) is 15.3. The van der Waals surface area contributed by atoms with E-state index in [0.29, 0.717) is 12.2 Å². The number of anilines is 1. The number of alkyl halides is 3. The number of carbonyl (C=O) groups excluding carboxylic acids is 1. The number of amides is 1. The molecule has 5 nitrogen and oxygen atoms in total. The number of ether oxygens (including phenoxy) is 1.